The van der Waals surface area contributed by atoms with Crippen molar-refractivity contribution in [2.45, 2.75) is 25.4 Å². The third-order valence-electron chi connectivity index (χ3n) is 2.07. The van der Waals surface area contributed by atoms with Crippen LogP contribution in [0, 0.1) is 11.6 Å². The number of hydrogen-bond acceptors (Lipinski definition) is 1. The Bertz CT molecular complexity index is 411. The molecule has 0 saturated carbocycles. The standard InChI is InChI=1S/C11H9F5O/c12-9-2-1-7(6-10(9)13)5-8(17)3-4-11(14,15)16/h1-2,6H,3-5H2. The van der Waals surface area contributed by atoms with Crippen LogP contribution in [-0.2, 0) is 11.2 Å². The van der Waals surface area contributed by atoms with Crippen molar-refractivity contribution in [2.75, 3.05) is 0 Å². The van der Waals surface area contributed by atoms with Gasteiger partial charge in [0.25, 0.3) is 0 Å². The Labute approximate surface area is 94.2 Å². The topological polar surface area (TPSA) is 17.1 Å². The van der Waals surface area contributed by atoms with Gasteiger partial charge in [-0.15, -0.1) is 0 Å². The summed E-state index contributed by atoms with van der Waals surface area (Å²) in [6.07, 6.45) is -6.56. The molecule has 1 aromatic carbocycles. The molecular formula is C11H9F5O. The van der Waals surface area contributed by atoms with Crippen molar-refractivity contribution < 1.29 is 26.7 Å². The van der Waals surface area contributed by atoms with E-state index in [4.69, 9.17) is 0 Å². The van der Waals surface area contributed by atoms with E-state index in [2.05, 4.69) is 0 Å². The first kappa shape index (κ1) is 13.6. The summed E-state index contributed by atoms with van der Waals surface area (Å²) >= 11 is 0. The van der Waals surface area contributed by atoms with Crippen LogP contribution in [0.3, 0.4) is 0 Å². The first-order valence-corrected chi connectivity index (χ1v) is 4.80. The lowest BCUT2D eigenvalue weighted by Crippen LogP contribution is -2.12. The number of ketones is 1. The fourth-order valence-corrected chi connectivity index (χ4v) is 1.25. The van der Waals surface area contributed by atoms with Gasteiger partial charge in [-0.2, -0.15) is 13.2 Å². The molecule has 17 heavy (non-hydrogen) atoms. The second kappa shape index (κ2) is 5.25. The highest BCUT2D eigenvalue weighted by atomic mass is 19.4. The molecule has 0 aliphatic rings. The molecule has 0 saturated heterocycles. The highest BCUT2D eigenvalue weighted by molar-refractivity contribution is 5.80. The fraction of sp³-hybridized carbons (Fsp3) is 0.364. The molecule has 0 unspecified atom stereocenters. The summed E-state index contributed by atoms with van der Waals surface area (Å²) in [5, 5.41) is 0. The molecule has 0 N–H and O–H groups in total. The minimum absolute atomic E-state index is 0.163. The van der Waals surface area contributed by atoms with E-state index < -0.39 is 36.4 Å². The van der Waals surface area contributed by atoms with Gasteiger partial charge in [-0.25, -0.2) is 8.78 Å². The number of halogens is 5. The van der Waals surface area contributed by atoms with E-state index in [1.165, 1.54) is 6.07 Å². The van der Waals surface area contributed by atoms with Crippen molar-refractivity contribution >= 4 is 5.78 Å². The van der Waals surface area contributed by atoms with Crippen LogP contribution in [0.1, 0.15) is 18.4 Å². The molecule has 0 aliphatic carbocycles. The van der Waals surface area contributed by atoms with Gasteiger partial charge < -0.3 is 0 Å². The Morgan fingerprint density at radius 3 is 2.29 bits per heavy atom. The molecule has 0 fully saturated rings. The van der Waals surface area contributed by atoms with Gasteiger partial charge in [-0.1, -0.05) is 6.07 Å². The van der Waals surface area contributed by atoms with Gasteiger partial charge in [-0.05, 0) is 17.7 Å². The van der Waals surface area contributed by atoms with Crippen molar-refractivity contribution in [3.8, 4) is 0 Å². The number of alkyl halides is 3. The van der Waals surface area contributed by atoms with Crippen LogP contribution in [0.2, 0.25) is 0 Å². The maximum absolute atomic E-state index is 12.7. The fourth-order valence-electron chi connectivity index (χ4n) is 1.25. The molecular weight excluding hydrogens is 243 g/mol. The smallest absolute Gasteiger partial charge is 0.299 e. The molecule has 0 spiro atoms. The first-order chi connectivity index (χ1) is 7.78. The summed E-state index contributed by atoms with van der Waals surface area (Å²) in [6, 6.07) is 2.81. The van der Waals surface area contributed by atoms with Crippen molar-refractivity contribution in [3.63, 3.8) is 0 Å². The van der Waals surface area contributed by atoms with E-state index in [0.29, 0.717) is 0 Å². The number of hydrogen-bond donors (Lipinski definition) is 0. The van der Waals surface area contributed by atoms with Crippen LogP contribution >= 0.6 is 0 Å². The van der Waals surface area contributed by atoms with E-state index in [9.17, 15) is 26.7 Å². The summed E-state index contributed by atoms with van der Waals surface area (Å²) < 4.78 is 60.7. The van der Waals surface area contributed by atoms with Gasteiger partial charge >= 0.3 is 6.18 Å². The number of carbonyl (C=O) groups is 1. The quantitative estimate of drug-likeness (QED) is 0.750. The highest BCUT2D eigenvalue weighted by Crippen LogP contribution is 2.22. The van der Waals surface area contributed by atoms with Gasteiger partial charge in [0.1, 0.15) is 5.78 Å². The minimum Gasteiger partial charge on any atom is -0.299 e. The zero-order chi connectivity index (χ0) is 13.1. The van der Waals surface area contributed by atoms with Crippen molar-refractivity contribution in [1.82, 2.24) is 0 Å². The Kier molecular flexibility index (Phi) is 4.20. The van der Waals surface area contributed by atoms with Gasteiger partial charge in [0.15, 0.2) is 11.6 Å². The van der Waals surface area contributed by atoms with E-state index in [1.54, 1.807) is 0 Å². The molecule has 1 nitrogen and oxygen atoms in total. The predicted molar refractivity (Wildman–Crippen MR) is 50.4 cm³/mol. The second-order valence-electron chi connectivity index (χ2n) is 3.58. The summed E-state index contributed by atoms with van der Waals surface area (Å²) in [4.78, 5) is 11.1. The SMILES string of the molecule is O=C(CCC(F)(F)F)Cc1ccc(F)c(F)c1. The van der Waals surface area contributed by atoms with E-state index >= 15 is 0 Å². The average Bonchev–Trinajstić information content (AvgIpc) is 2.20. The number of rotatable bonds is 4. The van der Waals surface area contributed by atoms with Gasteiger partial charge in [0.2, 0.25) is 0 Å². The number of Topliss-reactive ketones (excluding diaryl/α,β-unsaturated/α-hetero) is 1. The zero-order valence-corrected chi connectivity index (χ0v) is 8.65. The first-order valence-electron chi connectivity index (χ1n) is 4.80. The molecule has 0 radical (unpaired) electrons. The molecule has 0 atom stereocenters. The summed E-state index contributed by atoms with van der Waals surface area (Å²) in [5.74, 6) is -2.84. The van der Waals surface area contributed by atoms with Crippen molar-refractivity contribution in [3.05, 3.63) is 35.4 Å². The minimum atomic E-state index is -4.39. The Balaban J connectivity index is 2.54. The molecule has 1 rings (SSSR count). The second-order valence-corrected chi connectivity index (χ2v) is 3.58. The lowest BCUT2D eigenvalue weighted by atomic mass is 10.1. The molecule has 1 aromatic rings. The molecule has 0 aromatic heterocycles. The lowest BCUT2D eigenvalue weighted by molar-refractivity contribution is -0.143. The summed E-state index contributed by atoms with van der Waals surface area (Å²) in [6.45, 7) is 0. The van der Waals surface area contributed by atoms with Gasteiger partial charge in [0.05, 0.1) is 6.42 Å². The Hall–Kier alpha value is -1.46. The Morgan fingerprint density at radius 2 is 1.76 bits per heavy atom. The largest absolute Gasteiger partial charge is 0.389 e. The molecule has 0 heterocycles. The van der Waals surface area contributed by atoms with Crippen molar-refractivity contribution in [1.29, 1.82) is 0 Å². The van der Waals surface area contributed by atoms with Gasteiger partial charge in [-0.3, -0.25) is 4.79 Å². The lowest BCUT2D eigenvalue weighted by Gasteiger charge is -2.05. The monoisotopic (exact) mass is 252 g/mol. The maximum atomic E-state index is 12.7. The van der Waals surface area contributed by atoms with Crippen LogP contribution in [0.5, 0.6) is 0 Å². The molecule has 94 valence electrons. The molecule has 0 aliphatic heterocycles. The van der Waals surface area contributed by atoms with Crippen LogP contribution in [0.4, 0.5) is 22.0 Å². The van der Waals surface area contributed by atoms with Crippen molar-refractivity contribution in [2.24, 2.45) is 0 Å². The number of carbonyl (C=O) groups excluding carboxylic acids is 1. The van der Waals surface area contributed by atoms with Crippen LogP contribution < -0.4 is 0 Å². The van der Waals surface area contributed by atoms with Gasteiger partial charge in [0, 0.05) is 12.8 Å². The summed E-state index contributed by atoms with van der Waals surface area (Å²) in [5.41, 5.74) is 0.163. The Morgan fingerprint density at radius 1 is 1.12 bits per heavy atom. The average molecular weight is 252 g/mol. The van der Waals surface area contributed by atoms with Crippen LogP contribution in [-0.4, -0.2) is 12.0 Å². The van der Waals surface area contributed by atoms with E-state index in [1.807, 2.05) is 0 Å². The van der Waals surface area contributed by atoms with Crippen LogP contribution in [0.15, 0.2) is 18.2 Å². The number of benzene rings is 1. The molecule has 0 bridgehead atoms. The maximum Gasteiger partial charge on any atom is 0.389 e. The molecule has 0 amide bonds. The van der Waals surface area contributed by atoms with E-state index in [-0.39, 0.29) is 12.0 Å². The normalized spacial score (nSPS) is 11.6. The van der Waals surface area contributed by atoms with Crippen LogP contribution in [0.25, 0.3) is 0 Å². The predicted octanol–water partition coefficient (Wildman–Crippen LogP) is 3.42. The summed E-state index contributed by atoms with van der Waals surface area (Å²) in [7, 11) is 0. The van der Waals surface area contributed by atoms with E-state index in [0.717, 1.165) is 12.1 Å². The third kappa shape index (κ3) is 4.93. The zero-order valence-electron chi connectivity index (χ0n) is 8.65. The third-order valence-corrected chi connectivity index (χ3v) is 2.07. The highest BCUT2D eigenvalue weighted by Gasteiger charge is 2.27. The molecule has 6 heteroatoms.